The van der Waals surface area contributed by atoms with Crippen LogP contribution in [0.2, 0.25) is 0 Å². The third-order valence-electron chi connectivity index (χ3n) is 3.49. The number of primary amides is 1. The topological polar surface area (TPSA) is 55.6 Å². The molecular formula is C10H18N2O2. The van der Waals surface area contributed by atoms with Gasteiger partial charge in [0.15, 0.2) is 0 Å². The van der Waals surface area contributed by atoms with Crippen LogP contribution in [0.5, 0.6) is 0 Å². The molecule has 2 aliphatic rings. The molecule has 14 heavy (non-hydrogen) atoms. The Morgan fingerprint density at radius 3 is 2.29 bits per heavy atom. The van der Waals surface area contributed by atoms with Gasteiger partial charge in [-0.2, -0.15) is 0 Å². The molecule has 2 N–H and O–H groups in total. The zero-order chi connectivity index (χ0) is 10.0. The number of ether oxygens (including phenoxy) is 1. The molecule has 4 heteroatoms. The van der Waals surface area contributed by atoms with Crippen molar-refractivity contribution in [2.24, 2.45) is 5.73 Å². The normalized spacial score (nSPS) is 27.7. The van der Waals surface area contributed by atoms with Gasteiger partial charge in [0.1, 0.15) is 5.54 Å². The molecule has 0 unspecified atom stereocenters. The molecule has 2 heterocycles. The van der Waals surface area contributed by atoms with Gasteiger partial charge in [-0.1, -0.05) is 0 Å². The summed E-state index contributed by atoms with van der Waals surface area (Å²) in [7, 11) is 0. The molecule has 1 amide bonds. The molecule has 2 saturated heterocycles. The Labute approximate surface area is 84.4 Å². The highest BCUT2D eigenvalue weighted by molar-refractivity contribution is 5.84. The number of likely N-dealkylation sites (tertiary alicyclic amines) is 1. The second-order valence-electron chi connectivity index (χ2n) is 4.20. The molecule has 0 bridgehead atoms. The first kappa shape index (κ1) is 9.93. The van der Waals surface area contributed by atoms with Crippen molar-refractivity contribution >= 4 is 5.91 Å². The molecule has 80 valence electrons. The molecule has 2 aliphatic heterocycles. The monoisotopic (exact) mass is 198 g/mol. The number of nitrogens with zero attached hydrogens (tertiary/aromatic N) is 1. The fourth-order valence-corrected chi connectivity index (χ4v) is 2.57. The van der Waals surface area contributed by atoms with Crippen molar-refractivity contribution in [3.8, 4) is 0 Å². The number of carbonyl (C=O) groups is 1. The molecule has 0 aromatic carbocycles. The minimum atomic E-state index is -0.394. The number of amides is 1. The minimum Gasteiger partial charge on any atom is -0.381 e. The van der Waals surface area contributed by atoms with Gasteiger partial charge in [0, 0.05) is 13.2 Å². The van der Waals surface area contributed by atoms with E-state index in [0.717, 1.165) is 25.9 Å². The van der Waals surface area contributed by atoms with Crippen LogP contribution in [0.25, 0.3) is 0 Å². The van der Waals surface area contributed by atoms with Crippen LogP contribution in [0, 0.1) is 0 Å². The first-order valence-corrected chi connectivity index (χ1v) is 5.38. The van der Waals surface area contributed by atoms with E-state index in [1.807, 2.05) is 0 Å². The van der Waals surface area contributed by atoms with Crippen molar-refractivity contribution in [3.63, 3.8) is 0 Å². The fourth-order valence-electron chi connectivity index (χ4n) is 2.57. The summed E-state index contributed by atoms with van der Waals surface area (Å²) in [4.78, 5) is 13.9. The third kappa shape index (κ3) is 1.53. The maximum Gasteiger partial charge on any atom is 0.238 e. The first-order valence-electron chi connectivity index (χ1n) is 5.38. The molecule has 0 aromatic heterocycles. The maximum absolute atomic E-state index is 11.6. The number of hydrogen-bond donors (Lipinski definition) is 1. The van der Waals surface area contributed by atoms with E-state index in [1.54, 1.807) is 0 Å². The second-order valence-corrected chi connectivity index (χ2v) is 4.20. The van der Waals surface area contributed by atoms with Gasteiger partial charge in [0.05, 0.1) is 0 Å². The van der Waals surface area contributed by atoms with Gasteiger partial charge in [-0.15, -0.1) is 0 Å². The van der Waals surface area contributed by atoms with Crippen molar-refractivity contribution in [1.29, 1.82) is 0 Å². The average Bonchev–Trinajstić information content (AvgIpc) is 2.72. The SMILES string of the molecule is NC(=O)C1(N2CCCC2)CCOCC1. The maximum atomic E-state index is 11.6. The Hall–Kier alpha value is -0.610. The van der Waals surface area contributed by atoms with E-state index in [9.17, 15) is 4.79 Å². The summed E-state index contributed by atoms with van der Waals surface area (Å²) in [6, 6.07) is 0. The highest BCUT2D eigenvalue weighted by Crippen LogP contribution is 2.30. The molecule has 0 atom stereocenters. The van der Waals surface area contributed by atoms with Gasteiger partial charge < -0.3 is 10.5 Å². The van der Waals surface area contributed by atoms with Gasteiger partial charge in [-0.05, 0) is 38.8 Å². The molecule has 0 aromatic rings. The van der Waals surface area contributed by atoms with Crippen LogP contribution in [0.1, 0.15) is 25.7 Å². The molecule has 0 aliphatic carbocycles. The molecule has 0 radical (unpaired) electrons. The molecule has 0 spiro atoms. The van der Waals surface area contributed by atoms with Crippen molar-refractivity contribution in [2.75, 3.05) is 26.3 Å². The van der Waals surface area contributed by atoms with E-state index in [4.69, 9.17) is 10.5 Å². The Bertz CT molecular complexity index is 218. The molecular weight excluding hydrogens is 180 g/mol. The summed E-state index contributed by atoms with van der Waals surface area (Å²) >= 11 is 0. The smallest absolute Gasteiger partial charge is 0.238 e. The average molecular weight is 198 g/mol. The predicted molar refractivity (Wildman–Crippen MR) is 52.8 cm³/mol. The van der Waals surface area contributed by atoms with E-state index in [2.05, 4.69) is 4.90 Å². The number of hydrogen-bond acceptors (Lipinski definition) is 3. The molecule has 2 rings (SSSR count). The summed E-state index contributed by atoms with van der Waals surface area (Å²) in [6.07, 6.45) is 3.91. The van der Waals surface area contributed by atoms with E-state index >= 15 is 0 Å². The quantitative estimate of drug-likeness (QED) is 0.685. The number of nitrogens with two attached hydrogens (primary N) is 1. The largest absolute Gasteiger partial charge is 0.381 e. The summed E-state index contributed by atoms with van der Waals surface area (Å²) in [5.74, 6) is -0.164. The predicted octanol–water partition coefficient (Wildman–Crippen LogP) is 0.117. The van der Waals surface area contributed by atoms with Crippen molar-refractivity contribution in [1.82, 2.24) is 4.90 Å². The molecule has 4 nitrogen and oxygen atoms in total. The van der Waals surface area contributed by atoms with Crippen molar-refractivity contribution in [2.45, 2.75) is 31.2 Å². The van der Waals surface area contributed by atoms with E-state index in [0.29, 0.717) is 13.2 Å². The first-order chi connectivity index (χ1) is 6.76. The van der Waals surface area contributed by atoms with Crippen LogP contribution in [-0.2, 0) is 9.53 Å². The summed E-state index contributed by atoms with van der Waals surface area (Å²) < 4.78 is 5.30. The fraction of sp³-hybridized carbons (Fsp3) is 0.900. The summed E-state index contributed by atoms with van der Waals surface area (Å²) in [5.41, 5.74) is 5.15. The number of carbonyl (C=O) groups excluding carboxylic acids is 1. The lowest BCUT2D eigenvalue weighted by Gasteiger charge is -2.41. The lowest BCUT2D eigenvalue weighted by atomic mass is 9.87. The van der Waals surface area contributed by atoms with Crippen LogP contribution in [0.4, 0.5) is 0 Å². The zero-order valence-electron chi connectivity index (χ0n) is 8.50. The highest BCUT2D eigenvalue weighted by Gasteiger charge is 2.44. The Morgan fingerprint density at radius 2 is 1.79 bits per heavy atom. The van der Waals surface area contributed by atoms with Crippen LogP contribution < -0.4 is 5.73 Å². The molecule has 0 saturated carbocycles. The Morgan fingerprint density at radius 1 is 1.21 bits per heavy atom. The van der Waals surface area contributed by atoms with E-state index in [1.165, 1.54) is 12.8 Å². The molecule has 2 fully saturated rings. The van der Waals surface area contributed by atoms with Gasteiger partial charge in [-0.3, -0.25) is 9.69 Å². The highest BCUT2D eigenvalue weighted by atomic mass is 16.5. The second kappa shape index (κ2) is 3.87. The standard InChI is InChI=1S/C10H18N2O2/c11-9(13)10(3-7-14-8-4-10)12-5-1-2-6-12/h1-8H2,(H2,11,13). The third-order valence-corrected chi connectivity index (χ3v) is 3.49. The van der Waals surface area contributed by atoms with Crippen LogP contribution >= 0.6 is 0 Å². The van der Waals surface area contributed by atoms with Gasteiger partial charge in [-0.25, -0.2) is 0 Å². The van der Waals surface area contributed by atoms with Crippen molar-refractivity contribution < 1.29 is 9.53 Å². The van der Waals surface area contributed by atoms with Crippen LogP contribution in [0.3, 0.4) is 0 Å². The Kier molecular flexibility index (Phi) is 2.74. The zero-order valence-corrected chi connectivity index (χ0v) is 8.50. The van der Waals surface area contributed by atoms with Crippen LogP contribution in [0.15, 0.2) is 0 Å². The number of rotatable bonds is 2. The van der Waals surface area contributed by atoms with Crippen molar-refractivity contribution in [3.05, 3.63) is 0 Å². The lowest BCUT2D eigenvalue weighted by molar-refractivity contribution is -0.136. The van der Waals surface area contributed by atoms with Gasteiger partial charge in [0.2, 0.25) is 5.91 Å². The van der Waals surface area contributed by atoms with Gasteiger partial charge in [0.25, 0.3) is 0 Å². The minimum absolute atomic E-state index is 0.164. The van der Waals surface area contributed by atoms with E-state index in [-0.39, 0.29) is 5.91 Å². The van der Waals surface area contributed by atoms with E-state index < -0.39 is 5.54 Å². The summed E-state index contributed by atoms with van der Waals surface area (Å²) in [6.45, 7) is 3.37. The summed E-state index contributed by atoms with van der Waals surface area (Å²) in [5, 5.41) is 0. The lowest BCUT2D eigenvalue weighted by Crippen LogP contribution is -2.59. The Balaban J connectivity index is 2.15. The van der Waals surface area contributed by atoms with Gasteiger partial charge >= 0.3 is 0 Å². The van der Waals surface area contributed by atoms with Crippen LogP contribution in [-0.4, -0.2) is 42.6 Å².